The van der Waals surface area contributed by atoms with Gasteiger partial charge in [-0.1, -0.05) is 22.4 Å². The molecule has 0 radical (unpaired) electrons. The monoisotopic (exact) mass is 320 g/mol. The smallest absolute Gasteiger partial charge is 0.306 e. The van der Waals surface area contributed by atoms with Crippen LogP contribution in [0.2, 0.25) is 0 Å². The Bertz CT molecular complexity index is 140. The molecular formula is C7H11BrCdO2. The van der Waals surface area contributed by atoms with E-state index >= 15 is 0 Å². The quantitative estimate of drug-likeness (QED) is 0.593. The Kier molecular flexibility index (Phi) is 5.94. The number of carboxylic acids is 1. The molecule has 60 valence electrons. The van der Waals surface area contributed by atoms with Crippen LogP contribution in [0, 0.1) is 5.92 Å². The number of halogens is 1. The average molecular weight is 319 g/mol. The summed E-state index contributed by atoms with van der Waals surface area (Å²) in [4.78, 5) is 10.9. The van der Waals surface area contributed by atoms with Gasteiger partial charge in [-0.3, -0.25) is 4.79 Å². The number of hydrogen-bond acceptors (Lipinski definition) is 1. The van der Waals surface area contributed by atoms with Crippen LogP contribution in [0.25, 0.3) is 0 Å². The molecule has 1 aliphatic rings. The third-order valence-corrected chi connectivity index (χ3v) is 2.79. The molecule has 1 saturated carbocycles. The molecule has 0 heterocycles. The van der Waals surface area contributed by atoms with E-state index in [1.54, 1.807) is 0 Å². The number of carboxylic acid groups (broad SMARTS) is 1. The van der Waals surface area contributed by atoms with E-state index in [2.05, 4.69) is 15.9 Å². The summed E-state index contributed by atoms with van der Waals surface area (Å²) < 4.78 is 0. The van der Waals surface area contributed by atoms with Gasteiger partial charge in [-0.15, -0.1) is 0 Å². The first-order chi connectivity index (χ1) is 4.70. The summed E-state index contributed by atoms with van der Waals surface area (Å²) in [7, 11) is 0. The summed E-state index contributed by atoms with van der Waals surface area (Å²) in [5.74, 6) is -0.734. The minimum Gasteiger partial charge on any atom is -0.481 e. The second kappa shape index (κ2) is 5.51. The maximum absolute atomic E-state index is 10.5. The van der Waals surface area contributed by atoms with E-state index in [1.165, 1.54) is 0 Å². The molecule has 2 nitrogen and oxygen atoms in total. The topological polar surface area (TPSA) is 37.3 Å². The normalized spacial score (nSPS) is 30.6. The predicted octanol–water partition coefficient (Wildman–Crippen LogP) is 2.02. The van der Waals surface area contributed by atoms with Crippen LogP contribution in [0.15, 0.2) is 0 Å². The summed E-state index contributed by atoms with van der Waals surface area (Å²) in [5.41, 5.74) is 0. The van der Waals surface area contributed by atoms with Gasteiger partial charge in [0.25, 0.3) is 0 Å². The molecule has 0 aromatic carbocycles. The largest absolute Gasteiger partial charge is 0.481 e. The van der Waals surface area contributed by atoms with Crippen LogP contribution in [0.3, 0.4) is 0 Å². The van der Waals surface area contributed by atoms with Gasteiger partial charge in [0.1, 0.15) is 0 Å². The number of alkyl halides is 1. The fraction of sp³-hybridized carbons (Fsp3) is 0.857. The Morgan fingerprint density at radius 1 is 1.45 bits per heavy atom. The van der Waals surface area contributed by atoms with Crippen molar-refractivity contribution in [1.29, 1.82) is 0 Å². The molecule has 0 aromatic heterocycles. The molecule has 1 fully saturated rings. The van der Waals surface area contributed by atoms with Crippen LogP contribution in [0.5, 0.6) is 0 Å². The zero-order valence-corrected chi connectivity index (χ0v) is 12.0. The molecule has 1 aliphatic carbocycles. The molecule has 4 heteroatoms. The first-order valence-electron chi connectivity index (χ1n) is 3.57. The fourth-order valence-corrected chi connectivity index (χ4v) is 2.13. The van der Waals surface area contributed by atoms with E-state index in [4.69, 9.17) is 5.11 Å². The van der Waals surface area contributed by atoms with Crippen molar-refractivity contribution in [2.75, 3.05) is 0 Å². The second-order valence-electron chi connectivity index (χ2n) is 2.80. The van der Waals surface area contributed by atoms with Gasteiger partial charge in [-0.25, -0.2) is 0 Å². The van der Waals surface area contributed by atoms with Gasteiger partial charge >= 0.3 is 5.97 Å². The van der Waals surface area contributed by atoms with Crippen molar-refractivity contribution in [1.82, 2.24) is 0 Å². The minimum absolute atomic E-state index is 0. The Labute approximate surface area is 95.0 Å². The van der Waals surface area contributed by atoms with Crippen LogP contribution in [0.4, 0.5) is 0 Å². The van der Waals surface area contributed by atoms with Gasteiger partial charge < -0.3 is 5.11 Å². The summed E-state index contributed by atoms with van der Waals surface area (Å²) in [5, 5.41) is 8.64. The zero-order chi connectivity index (χ0) is 7.56. The number of carbonyl (C=O) groups is 1. The molecule has 0 saturated heterocycles. The van der Waals surface area contributed by atoms with Crippen LogP contribution >= 0.6 is 15.9 Å². The standard InChI is InChI=1S/C7H11BrO2.Cd/c8-6-3-1-2-5(4-6)7(9)10;/h5-6H,1-4H2,(H,9,10);. The van der Waals surface area contributed by atoms with Gasteiger partial charge in [0, 0.05) is 32.1 Å². The molecule has 2 atom stereocenters. The van der Waals surface area contributed by atoms with Crippen molar-refractivity contribution < 1.29 is 37.2 Å². The van der Waals surface area contributed by atoms with Gasteiger partial charge in [0.15, 0.2) is 0 Å². The molecule has 0 spiro atoms. The Morgan fingerprint density at radius 3 is 2.45 bits per heavy atom. The summed E-state index contributed by atoms with van der Waals surface area (Å²) in [6, 6.07) is 0. The molecular weight excluding hydrogens is 308 g/mol. The Morgan fingerprint density at radius 2 is 2.09 bits per heavy atom. The number of rotatable bonds is 1. The molecule has 2 unspecified atom stereocenters. The van der Waals surface area contributed by atoms with Crippen LogP contribution in [-0.2, 0) is 32.1 Å². The first-order valence-corrected chi connectivity index (χ1v) is 4.48. The van der Waals surface area contributed by atoms with Crippen molar-refractivity contribution in [3.05, 3.63) is 0 Å². The molecule has 11 heavy (non-hydrogen) atoms. The van der Waals surface area contributed by atoms with Crippen molar-refractivity contribution >= 4 is 21.9 Å². The zero-order valence-electron chi connectivity index (χ0n) is 6.42. The minimum atomic E-state index is -0.635. The number of aliphatic carboxylic acids is 1. The van der Waals surface area contributed by atoms with Crippen molar-refractivity contribution in [3.8, 4) is 0 Å². The van der Waals surface area contributed by atoms with E-state index in [-0.39, 0.29) is 33.2 Å². The van der Waals surface area contributed by atoms with Crippen LogP contribution < -0.4 is 0 Å². The molecule has 0 aliphatic heterocycles. The third kappa shape index (κ3) is 3.87. The van der Waals surface area contributed by atoms with Crippen LogP contribution in [-0.4, -0.2) is 15.9 Å². The van der Waals surface area contributed by atoms with Gasteiger partial charge in [0.05, 0.1) is 5.92 Å². The maximum Gasteiger partial charge on any atom is 0.306 e. The van der Waals surface area contributed by atoms with E-state index in [1.807, 2.05) is 0 Å². The van der Waals surface area contributed by atoms with E-state index in [0.29, 0.717) is 4.83 Å². The maximum atomic E-state index is 10.5. The van der Waals surface area contributed by atoms with Gasteiger partial charge in [-0.2, -0.15) is 0 Å². The Hall–Kier alpha value is 0.872. The fourth-order valence-electron chi connectivity index (χ4n) is 1.35. The summed E-state index contributed by atoms with van der Waals surface area (Å²) in [6.07, 6.45) is 3.84. The Balaban J connectivity index is 0.000001000. The van der Waals surface area contributed by atoms with Crippen molar-refractivity contribution in [2.45, 2.75) is 30.5 Å². The molecule has 1 rings (SSSR count). The van der Waals surface area contributed by atoms with Crippen molar-refractivity contribution in [2.24, 2.45) is 5.92 Å². The van der Waals surface area contributed by atoms with Gasteiger partial charge in [-0.05, 0) is 19.3 Å². The SMILES string of the molecule is O=C(O)C1CCCC(Br)C1.[Cd]. The first kappa shape index (κ1) is 11.9. The summed E-state index contributed by atoms with van der Waals surface area (Å²) in [6.45, 7) is 0. The molecule has 0 bridgehead atoms. The van der Waals surface area contributed by atoms with Gasteiger partial charge in [0.2, 0.25) is 0 Å². The third-order valence-electron chi connectivity index (χ3n) is 1.96. The average Bonchev–Trinajstić information content (AvgIpc) is 1.88. The number of hydrogen-bond donors (Lipinski definition) is 1. The molecule has 1 N–H and O–H groups in total. The predicted molar refractivity (Wildman–Crippen MR) is 42.3 cm³/mol. The molecule has 0 aromatic rings. The van der Waals surface area contributed by atoms with Crippen molar-refractivity contribution in [3.63, 3.8) is 0 Å². The second-order valence-corrected chi connectivity index (χ2v) is 4.09. The van der Waals surface area contributed by atoms with E-state index in [0.717, 1.165) is 25.7 Å². The van der Waals surface area contributed by atoms with E-state index in [9.17, 15) is 4.79 Å². The van der Waals surface area contributed by atoms with Crippen LogP contribution in [0.1, 0.15) is 25.7 Å². The molecule has 0 amide bonds. The van der Waals surface area contributed by atoms with E-state index < -0.39 is 5.97 Å². The summed E-state index contributed by atoms with van der Waals surface area (Å²) >= 11 is 3.43.